The molecule has 0 amide bonds. The minimum atomic E-state index is -4.42. The van der Waals surface area contributed by atoms with E-state index in [0.717, 1.165) is 5.56 Å². The Labute approximate surface area is 136 Å². The maximum atomic E-state index is 12.2. The van der Waals surface area contributed by atoms with E-state index in [-0.39, 0.29) is 24.3 Å². The lowest BCUT2D eigenvalue weighted by Crippen LogP contribution is -2.27. The molecule has 0 spiro atoms. The average molecular weight is 343 g/mol. The van der Waals surface area contributed by atoms with Crippen molar-refractivity contribution in [3.8, 4) is 5.88 Å². The highest BCUT2D eigenvalue weighted by Gasteiger charge is 2.29. The summed E-state index contributed by atoms with van der Waals surface area (Å²) >= 11 is 0. The van der Waals surface area contributed by atoms with Crippen LogP contribution in [0.15, 0.2) is 29.5 Å². The van der Waals surface area contributed by atoms with Crippen molar-refractivity contribution < 1.29 is 27.8 Å². The molecule has 1 aromatic rings. The Morgan fingerprint density at radius 2 is 2.21 bits per heavy atom. The number of rotatable bonds is 5. The van der Waals surface area contributed by atoms with Crippen molar-refractivity contribution in [3.63, 3.8) is 0 Å². The first-order valence-corrected chi connectivity index (χ1v) is 7.05. The predicted molar refractivity (Wildman–Crippen MR) is 79.9 cm³/mol. The van der Waals surface area contributed by atoms with E-state index < -0.39 is 18.8 Å². The molecule has 1 N–H and O–H groups in total. The molecule has 0 bridgehead atoms. The Morgan fingerprint density at radius 3 is 2.71 bits per heavy atom. The summed E-state index contributed by atoms with van der Waals surface area (Å²) in [6.07, 6.45) is 0.0279. The van der Waals surface area contributed by atoms with Crippen LogP contribution in [0.2, 0.25) is 0 Å². The SMILES string of the molecule is Cc1cc(C(C)N2C=CC(C(=O)O)=NC2)cnc1OCC(F)(F)F. The molecule has 130 valence electrons. The number of aryl methyl sites for hydroxylation is 1. The van der Waals surface area contributed by atoms with E-state index in [9.17, 15) is 18.0 Å². The molecule has 0 fully saturated rings. The highest BCUT2D eigenvalue weighted by Crippen LogP contribution is 2.26. The monoisotopic (exact) mass is 343 g/mol. The normalized spacial score (nSPS) is 15.9. The Kier molecular flexibility index (Phi) is 5.10. The van der Waals surface area contributed by atoms with Crippen LogP contribution < -0.4 is 4.74 Å². The van der Waals surface area contributed by atoms with Gasteiger partial charge in [0.05, 0.1) is 6.04 Å². The van der Waals surface area contributed by atoms with Gasteiger partial charge in [-0.05, 0) is 31.6 Å². The predicted octanol–water partition coefficient (Wildman–Crippen LogP) is 2.70. The molecule has 1 aliphatic rings. The fraction of sp³-hybridized carbons (Fsp3) is 0.400. The first-order chi connectivity index (χ1) is 11.2. The fourth-order valence-corrected chi connectivity index (χ4v) is 2.12. The van der Waals surface area contributed by atoms with Crippen molar-refractivity contribution in [3.05, 3.63) is 35.7 Å². The second-order valence-corrected chi connectivity index (χ2v) is 5.29. The average Bonchev–Trinajstić information content (AvgIpc) is 2.52. The van der Waals surface area contributed by atoms with E-state index >= 15 is 0 Å². The third-order valence-corrected chi connectivity index (χ3v) is 3.45. The zero-order chi connectivity index (χ0) is 17.9. The van der Waals surface area contributed by atoms with Gasteiger partial charge in [0.2, 0.25) is 5.88 Å². The quantitative estimate of drug-likeness (QED) is 0.890. The fourth-order valence-electron chi connectivity index (χ4n) is 2.12. The van der Waals surface area contributed by atoms with Gasteiger partial charge in [0.15, 0.2) is 6.61 Å². The number of hydrogen-bond donors (Lipinski definition) is 1. The second-order valence-electron chi connectivity index (χ2n) is 5.29. The number of halogens is 3. The highest BCUT2D eigenvalue weighted by molar-refractivity contribution is 6.40. The van der Waals surface area contributed by atoms with E-state index in [4.69, 9.17) is 5.11 Å². The lowest BCUT2D eigenvalue weighted by molar-refractivity contribution is -0.154. The number of aliphatic imine (C=N–C) groups is 1. The van der Waals surface area contributed by atoms with Crippen LogP contribution in [0.1, 0.15) is 24.1 Å². The van der Waals surface area contributed by atoms with Gasteiger partial charge in [0.25, 0.3) is 0 Å². The number of hydrogen-bond acceptors (Lipinski definition) is 5. The summed E-state index contributed by atoms with van der Waals surface area (Å²) in [4.78, 5) is 20.5. The van der Waals surface area contributed by atoms with Crippen molar-refractivity contribution >= 4 is 11.7 Å². The molecule has 0 saturated carbocycles. The van der Waals surface area contributed by atoms with Crippen LogP contribution in [0.25, 0.3) is 0 Å². The number of carbonyl (C=O) groups is 1. The molecular weight excluding hydrogens is 327 g/mol. The lowest BCUT2D eigenvalue weighted by Gasteiger charge is -2.28. The Balaban J connectivity index is 2.06. The van der Waals surface area contributed by atoms with Gasteiger partial charge in [0, 0.05) is 18.0 Å². The summed E-state index contributed by atoms with van der Waals surface area (Å²) < 4.78 is 41.2. The number of pyridine rings is 1. The van der Waals surface area contributed by atoms with Crippen LogP contribution in [-0.4, -0.2) is 46.1 Å². The van der Waals surface area contributed by atoms with E-state index in [1.165, 1.54) is 12.3 Å². The first-order valence-electron chi connectivity index (χ1n) is 7.05. The molecule has 9 heteroatoms. The molecule has 1 aromatic heterocycles. The van der Waals surface area contributed by atoms with Gasteiger partial charge in [-0.15, -0.1) is 0 Å². The maximum Gasteiger partial charge on any atom is 0.422 e. The molecule has 6 nitrogen and oxygen atoms in total. The molecule has 2 heterocycles. The third kappa shape index (κ3) is 4.46. The Morgan fingerprint density at radius 1 is 1.50 bits per heavy atom. The minimum Gasteiger partial charge on any atom is -0.477 e. The molecule has 0 aromatic carbocycles. The largest absolute Gasteiger partial charge is 0.477 e. The van der Waals surface area contributed by atoms with Crippen molar-refractivity contribution in [2.75, 3.05) is 13.3 Å². The van der Waals surface area contributed by atoms with E-state index in [1.54, 1.807) is 24.1 Å². The topological polar surface area (TPSA) is 75.0 Å². The first kappa shape index (κ1) is 17.8. The molecule has 1 aliphatic heterocycles. The molecule has 0 aliphatic carbocycles. The summed E-state index contributed by atoms with van der Waals surface area (Å²) in [5, 5.41) is 8.85. The number of alkyl halides is 3. The summed E-state index contributed by atoms with van der Waals surface area (Å²) in [5.74, 6) is -1.16. The van der Waals surface area contributed by atoms with Crippen molar-refractivity contribution in [1.82, 2.24) is 9.88 Å². The van der Waals surface area contributed by atoms with E-state index in [2.05, 4.69) is 14.7 Å². The smallest absolute Gasteiger partial charge is 0.422 e. The van der Waals surface area contributed by atoms with Crippen molar-refractivity contribution in [1.29, 1.82) is 0 Å². The molecule has 1 atom stereocenters. The molecule has 1 unspecified atom stereocenters. The number of aromatic nitrogens is 1. The number of carboxylic acids is 1. The van der Waals surface area contributed by atoms with Gasteiger partial charge >= 0.3 is 12.1 Å². The molecule has 0 radical (unpaired) electrons. The van der Waals surface area contributed by atoms with Crippen molar-refractivity contribution in [2.45, 2.75) is 26.1 Å². The van der Waals surface area contributed by atoms with Crippen LogP contribution >= 0.6 is 0 Å². The lowest BCUT2D eigenvalue weighted by atomic mass is 10.1. The second kappa shape index (κ2) is 6.90. The summed E-state index contributed by atoms with van der Waals surface area (Å²) in [6, 6.07) is 1.51. The standard InChI is InChI=1S/C15H16F3N3O3/c1-9-5-11(6-19-13(9)24-7-15(16,17)18)10(2)21-4-3-12(14(22)23)20-8-21/h3-6,10H,7-8H2,1-2H3,(H,22,23). The number of carboxylic acid groups (broad SMARTS) is 1. The number of aliphatic carboxylic acids is 1. The van der Waals surface area contributed by atoms with Crippen LogP contribution in [-0.2, 0) is 4.79 Å². The minimum absolute atomic E-state index is 0.0244. The van der Waals surface area contributed by atoms with Gasteiger partial charge < -0.3 is 14.7 Å². The molecule has 2 rings (SSSR count). The molecule has 0 saturated heterocycles. The van der Waals surface area contributed by atoms with E-state index in [0.29, 0.717) is 5.56 Å². The van der Waals surface area contributed by atoms with Crippen molar-refractivity contribution in [2.24, 2.45) is 4.99 Å². The zero-order valence-electron chi connectivity index (χ0n) is 13.0. The van der Waals surface area contributed by atoms with Gasteiger partial charge in [-0.25, -0.2) is 9.78 Å². The van der Waals surface area contributed by atoms with Gasteiger partial charge in [-0.1, -0.05) is 0 Å². The van der Waals surface area contributed by atoms with Crippen LogP contribution in [0.5, 0.6) is 5.88 Å². The summed E-state index contributed by atoms with van der Waals surface area (Å²) in [5.41, 5.74) is 1.22. The van der Waals surface area contributed by atoms with E-state index in [1.807, 2.05) is 6.92 Å². The third-order valence-electron chi connectivity index (χ3n) is 3.45. The number of nitrogens with zero attached hydrogens (tertiary/aromatic N) is 3. The maximum absolute atomic E-state index is 12.2. The Bertz CT molecular complexity index is 686. The van der Waals surface area contributed by atoms with Crippen LogP contribution in [0.4, 0.5) is 13.2 Å². The van der Waals surface area contributed by atoms with Gasteiger partial charge in [-0.2, -0.15) is 13.2 Å². The highest BCUT2D eigenvalue weighted by atomic mass is 19.4. The summed E-state index contributed by atoms with van der Waals surface area (Å²) in [7, 11) is 0. The molecular formula is C15H16F3N3O3. The van der Waals surface area contributed by atoms with Crippen LogP contribution in [0.3, 0.4) is 0 Å². The van der Waals surface area contributed by atoms with Crippen LogP contribution in [0, 0.1) is 6.92 Å². The Hall–Kier alpha value is -2.58. The molecule has 24 heavy (non-hydrogen) atoms. The van der Waals surface area contributed by atoms with Gasteiger partial charge in [-0.3, -0.25) is 4.99 Å². The van der Waals surface area contributed by atoms with Gasteiger partial charge in [0.1, 0.15) is 12.4 Å². The summed E-state index contributed by atoms with van der Waals surface area (Å²) in [6.45, 7) is 2.25. The number of ether oxygens (including phenoxy) is 1. The zero-order valence-corrected chi connectivity index (χ0v) is 13.0.